The molecule has 0 bridgehead atoms. The summed E-state index contributed by atoms with van der Waals surface area (Å²) >= 11 is 0. The van der Waals surface area contributed by atoms with Crippen LogP contribution in [0.3, 0.4) is 0 Å². The van der Waals surface area contributed by atoms with Crippen molar-refractivity contribution in [1.29, 1.82) is 0 Å². The van der Waals surface area contributed by atoms with Crippen LogP contribution in [0.1, 0.15) is 27.8 Å². The SMILES string of the molecule is Cc1cc(C)c2c(c1)[C@@]1(N[C@H](Cc3ccc(O)cc3)[C@H]3C(=O)N(CCc4ccccc4)C(=O)[C@H]31)C(=O)N2. The van der Waals surface area contributed by atoms with Crippen LogP contribution >= 0.6 is 0 Å². The van der Waals surface area contributed by atoms with Gasteiger partial charge in [-0.2, -0.15) is 0 Å². The van der Waals surface area contributed by atoms with Gasteiger partial charge in [0.05, 0.1) is 11.8 Å². The van der Waals surface area contributed by atoms with Crippen LogP contribution in [0.4, 0.5) is 5.69 Å². The number of carbonyl (C=O) groups excluding carboxylic acids is 3. The van der Waals surface area contributed by atoms with Crippen LogP contribution in [0, 0.1) is 25.7 Å². The van der Waals surface area contributed by atoms with Gasteiger partial charge < -0.3 is 10.4 Å². The highest BCUT2D eigenvalue weighted by Gasteiger charge is 2.70. The molecule has 0 aromatic heterocycles. The van der Waals surface area contributed by atoms with E-state index in [9.17, 15) is 19.5 Å². The Morgan fingerprint density at radius 3 is 2.38 bits per heavy atom. The van der Waals surface area contributed by atoms with Crippen molar-refractivity contribution in [3.8, 4) is 5.75 Å². The van der Waals surface area contributed by atoms with Gasteiger partial charge in [-0.05, 0) is 55.5 Å². The lowest BCUT2D eigenvalue weighted by Gasteiger charge is -2.30. The second kappa shape index (κ2) is 8.56. The summed E-state index contributed by atoms with van der Waals surface area (Å²) in [7, 11) is 0. The number of hydrogen-bond acceptors (Lipinski definition) is 5. The zero-order valence-corrected chi connectivity index (χ0v) is 20.8. The average molecular weight is 496 g/mol. The molecule has 0 saturated carbocycles. The number of anilines is 1. The Kier molecular flexibility index (Phi) is 5.42. The van der Waals surface area contributed by atoms with Crippen molar-refractivity contribution in [3.63, 3.8) is 0 Å². The molecule has 0 unspecified atom stereocenters. The van der Waals surface area contributed by atoms with E-state index in [1.807, 2.05) is 68.4 Å². The van der Waals surface area contributed by atoms with E-state index in [0.29, 0.717) is 12.8 Å². The number of aryl methyl sites for hydroxylation is 2. The van der Waals surface area contributed by atoms with Crippen molar-refractivity contribution in [2.45, 2.75) is 38.3 Å². The molecule has 4 atom stereocenters. The van der Waals surface area contributed by atoms with E-state index in [4.69, 9.17) is 0 Å². The van der Waals surface area contributed by atoms with Crippen LogP contribution in [0.15, 0.2) is 66.7 Å². The Labute approximate surface area is 215 Å². The molecule has 3 heterocycles. The predicted octanol–water partition coefficient (Wildman–Crippen LogP) is 3.21. The number of phenols is 1. The number of benzene rings is 3. The predicted molar refractivity (Wildman–Crippen MR) is 139 cm³/mol. The fourth-order valence-electron chi connectivity index (χ4n) is 6.48. The molecule has 7 heteroatoms. The minimum absolute atomic E-state index is 0.159. The smallest absolute Gasteiger partial charge is 0.250 e. The molecular formula is C30H29N3O4. The molecular weight excluding hydrogens is 466 g/mol. The van der Waals surface area contributed by atoms with E-state index in [1.165, 1.54) is 4.90 Å². The molecule has 3 aromatic rings. The fourth-order valence-corrected chi connectivity index (χ4v) is 6.48. The molecule has 3 aliphatic heterocycles. The number of likely N-dealkylation sites (tertiary alicyclic amines) is 1. The van der Waals surface area contributed by atoms with Crippen LogP contribution in [0.2, 0.25) is 0 Å². The maximum absolute atomic E-state index is 14.0. The van der Waals surface area contributed by atoms with Crippen molar-refractivity contribution in [3.05, 3.63) is 94.5 Å². The molecule has 7 nitrogen and oxygen atoms in total. The molecule has 0 radical (unpaired) electrons. The Bertz CT molecular complexity index is 1420. The number of nitrogens with zero attached hydrogens (tertiary/aromatic N) is 1. The summed E-state index contributed by atoms with van der Waals surface area (Å²) in [5, 5.41) is 16.2. The molecule has 1 spiro atoms. The minimum Gasteiger partial charge on any atom is -0.508 e. The summed E-state index contributed by atoms with van der Waals surface area (Å²) in [6, 6.07) is 20.1. The number of phenolic OH excluding ortho intramolecular Hbond substituents is 1. The van der Waals surface area contributed by atoms with Gasteiger partial charge in [0.25, 0.3) is 0 Å². The standard InChI is InChI=1S/C30H29N3O4/c1-17-14-18(2)26-22(15-17)30(29(37)31-26)25-24(23(32-30)16-20-8-10-21(34)11-9-20)27(35)33(28(25)36)13-12-19-6-4-3-5-7-19/h3-11,14-15,23-25,32,34H,12-13,16H2,1-2H3,(H,31,37)/t23-,24-,25+,30+/m1/s1. The van der Waals surface area contributed by atoms with Crippen molar-refractivity contribution in [1.82, 2.24) is 10.2 Å². The van der Waals surface area contributed by atoms with Gasteiger partial charge in [0.2, 0.25) is 17.7 Å². The second-order valence-corrected chi connectivity index (χ2v) is 10.5. The van der Waals surface area contributed by atoms with Crippen LogP contribution in [0.25, 0.3) is 0 Å². The number of hydrogen-bond donors (Lipinski definition) is 3. The maximum atomic E-state index is 14.0. The largest absolute Gasteiger partial charge is 0.508 e. The third kappa shape index (κ3) is 3.56. The number of carbonyl (C=O) groups is 3. The van der Waals surface area contributed by atoms with Crippen LogP contribution in [-0.2, 0) is 32.8 Å². The maximum Gasteiger partial charge on any atom is 0.250 e. The number of imide groups is 1. The Morgan fingerprint density at radius 1 is 0.919 bits per heavy atom. The first-order valence-corrected chi connectivity index (χ1v) is 12.7. The van der Waals surface area contributed by atoms with Gasteiger partial charge in [-0.1, -0.05) is 60.2 Å². The summed E-state index contributed by atoms with van der Waals surface area (Å²) < 4.78 is 0. The first-order chi connectivity index (χ1) is 17.8. The van der Waals surface area contributed by atoms with Gasteiger partial charge >= 0.3 is 0 Å². The van der Waals surface area contributed by atoms with E-state index < -0.39 is 23.4 Å². The highest BCUT2D eigenvalue weighted by molar-refractivity contribution is 6.15. The summed E-state index contributed by atoms with van der Waals surface area (Å²) in [6.45, 7) is 4.19. The highest BCUT2D eigenvalue weighted by Crippen LogP contribution is 2.54. The third-order valence-electron chi connectivity index (χ3n) is 8.12. The van der Waals surface area contributed by atoms with Crippen molar-refractivity contribution in [2.24, 2.45) is 11.8 Å². The van der Waals surface area contributed by atoms with E-state index >= 15 is 0 Å². The first kappa shape index (κ1) is 23.4. The zero-order valence-electron chi connectivity index (χ0n) is 20.8. The number of amides is 3. The molecule has 3 aromatic carbocycles. The summed E-state index contributed by atoms with van der Waals surface area (Å²) in [5.74, 6) is -2.16. The summed E-state index contributed by atoms with van der Waals surface area (Å²) in [6.07, 6.45) is 1.00. The van der Waals surface area contributed by atoms with Gasteiger partial charge in [0.15, 0.2) is 0 Å². The number of fused-ring (bicyclic) bond motifs is 4. The Hall–Kier alpha value is -3.97. The van der Waals surface area contributed by atoms with E-state index in [1.54, 1.807) is 12.1 Å². The van der Waals surface area contributed by atoms with E-state index in [2.05, 4.69) is 10.6 Å². The summed E-state index contributed by atoms with van der Waals surface area (Å²) in [4.78, 5) is 43.0. The highest BCUT2D eigenvalue weighted by atomic mass is 16.3. The number of rotatable bonds is 5. The quantitative estimate of drug-likeness (QED) is 0.472. The average Bonchev–Trinajstić information content (AvgIpc) is 3.45. The third-order valence-corrected chi connectivity index (χ3v) is 8.12. The molecule has 3 aliphatic rings. The first-order valence-electron chi connectivity index (χ1n) is 12.7. The molecule has 3 N–H and O–H groups in total. The van der Waals surface area contributed by atoms with E-state index in [0.717, 1.165) is 33.5 Å². The van der Waals surface area contributed by atoms with Gasteiger partial charge in [0, 0.05) is 23.8 Å². The fraction of sp³-hybridized carbons (Fsp3) is 0.300. The molecule has 188 valence electrons. The second-order valence-electron chi connectivity index (χ2n) is 10.5. The van der Waals surface area contributed by atoms with Crippen molar-refractivity contribution in [2.75, 3.05) is 11.9 Å². The van der Waals surface area contributed by atoms with Crippen LogP contribution < -0.4 is 10.6 Å². The lowest BCUT2D eigenvalue weighted by Crippen LogP contribution is -2.53. The lowest BCUT2D eigenvalue weighted by molar-refractivity contribution is -0.142. The number of nitrogens with one attached hydrogen (secondary N) is 2. The van der Waals surface area contributed by atoms with Gasteiger partial charge in [-0.3, -0.25) is 24.6 Å². The zero-order chi connectivity index (χ0) is 25.9. The lowest BCUT2D eigenvalue weighted by atomic mass is 9.75. The Balaban J connectivity index is 1.42. The van der Waals surface area contributed by atoms with Gasteiger partial charge in [-0.25, -0.2) is 0 Å². The van der Waals surface area contributed by atoms with Gasteiger partial charge in [0.1, 0.15) is 11.3 Å². The molecule has 2 fully saturated rings. The normalized spacial score (nSPS) is 26.1. The minimum atomic E-state index is -1.31. The molecule has 37 heavy (non-hydrogen) atoms. The molecule has 2 saturated heterocycles. The van der Waals surface area contributed by atoms with E-state index in [-0.39, 0.29) is 30.0 Å². The van der Waals surface area contributed by atoms with Gasteiger partial charge in [-0.15, -0.1) is 0 Å². The monoisotopic (exact) mass is 495 g/mol. The molecule has 0 aliphatic carbocycles. The van der Waals surface area contributed by atoms with Crippen LogP contribution in [0.5, 0.6) is 5.75 Å². The molecule has 3 amide bonds. The Morgan fingerprint density at radius 2 is 1.65 bits per heavy atom. The topological polar surface area (TPSA) is 98.7 Å². The number of aromatic hydroxyl groups is 1. The van der Waals surface area contributed by atoms with Crippen molar-refractivity contribution < 1.29 is 19.5 Å². The summed E-state index contributed by atoms with van der Waals surface area (Å²) in [5.41, 5.74) is 4.02. The van der Waals surface area contributed by atoms with Crippen molar-refractivity contribution >= 4 is 23.4 Å². The van der Waals surface area contributed by atoms with Crippen LogP contribution in [-0.4, -0.2) is 40.3 Å². The molecule has 6 rings (SSSR count).